The molecule has 0 aliphatic rings. The van der Waals surface area contributed by atoms with E-state index in [2.05, 4.69) is 20.0 Å². The van der Waals surface area contributed by atoms with Crippen LogP contribution in [0.5, 0.6) is 0 Å². The third-order valence-electron chi connectivity index (χ3n) is 3.48. The van der Waals surface area contributed by atoms with Crippen molar-refractivity contribution in [3.63, 3.8) is 0 Å². The standard InChI is InChI=1S/C14H17N5O2S2/c1-8-5-9(2)13(10(3)6-8)23(20,21)15-7-12-18-19-11(4)16-17-14(19)22-12/h5-6,15H,7H2,1-4H3. The molecule has 0 saturated carbocycles. The van der Waals surface area contributed by atoms with Gasteiger partial charge in [0.2, 0.25) is 15.0 Å². The van der Waals surface area contributed by atoms with Crippen LogP contribution in [0.15, 0.2) is 17.0 Å². The smallest absolute Gasteiger partial charge is 0.207 e. The van der Waals surface area contributed by atoms with Crippen LogP contribution in [-0.4, -0.2) is 28.2 Å². The van der Waals surface area contributed by atoms with E-state index in [0.29, 0.717) is 20.7 Å². The molecular weight excluding hydrogens is 334 g/mol. The fraction of sp³-hybridized carbons (Fsp3) is 0.357. The fourth-order valence-electron chi connectivity index (χ4n) is 2.65. The molecule has 7 nitrogen and oxygen atoms in total. The molecule has 1 aromatic carbocycles. The second-order valence-corrected chi connectivity index (χ2v) is 8.23. The number of benzene rings is 1. The van der Waals surface area contributed by atoms with Crippen molar-refractivity contribution in [2.75, 3.05) is 0 Å². The SMILES string of the molecule is Cc1cc(C)c(S(=O)(=O)NCc2nn3c(C)nnc3s2)c(C)c1. The number of sulfonamides is 1. The number of fused-ring (bicyclic) bond motifs is 1. The maximum absolute atomic E-state index is 12.6. The van der Waals surface area contributed by atoms with Gasteiger partial charge in [-0.15, -0.1) is 10.2 Å². The molecule has 0 atom stereocenters. The normalized spacial score (nSPS) is 12.2. The van der Waals surface area contributed by atoms with Gasteiger partial charge in [0, 0.05) is 0 Å². The first-order valence-electron chi connectivity index (χ1n) is 7.03. The number of aryl methyl sites for hydroxylation is 4. The Morgan fingerprint density at radius 3 is 2.39 bits per heavy atom. The van der Waals surface area contributed by atoms with Crippen LogP contribution < -0.4 is 4.72 Å². The van der Waals surface area contributed by atoms with Crippen LogP contribution >= 0.6 is 11.3 Å². The van der Waals surface area contributed by atoms with Crippen molar-refractivity contribution >= 4 is 26.3 Å². The Bertz CT molecular complexity index is 965. The monoisotopic (exact) mass is 351 g/mol. The molecule has 0 amide bonds. The van der Waals surface area contributed by atoms with Gasteiger partial charge in [-0.25, -0.2) is 13.1 Å². The maximum Gasteiger partial charge on any atom is 0.241 e. The van der Waals surface area contributed by atoms with Crippen molar-refractivity contribution in [2.45, 2.75) is 39.1 Å². The first kappa shape index (κ1) is 16.0. The van der Waals surface area contributed by atoms with Gasteiger partial charge in [-0.05, 0) is 38.8 Å². The molecule has 9 heteroatoms. The maximum atomic E-state index is 12.6. The lowest BCUT2D eigenvalue weighted by molar-refractivity contribution is 0.579. The summed E-state index contributed by atoms with van der Waals surface area (Å²) in [5.41, 5.74) is 2.52. The molecule has 0 aliphatic carbocycles. The van der Waals surface area contributed by atoms with Crippen molar-refractivity contribution < 1.29 is 8.42 Å². The Balaban J connectivity index is 1.86. The van der Waals surface area contributed by atoms with Crippen molar-refractivity contribution in [2.24, 2.45) is 0 Å². The average Bonchev–Trinajstić information content (AvgIpc) is 2.97. The minimum Gasteiger partial charge on any atom is -0.207 e. The summed E-state index contributed by atoms with van der Waals surface area (Å²) in [7, 11) is -3.60. The number of aromatic nitrogens is 4. The molecule has 3 aromatic rings. The van der Waals surface area contributed by atoms with E-state index >= 15 is 0 Å². The molecule has 0 aliphatic heterocycles. The molecule has 0 bridgehead atoms. The van der Waals surface area contributed by atoms with Crippen molar-refractivity contribution in [3.8, 4) is 0 Å². The molecule has 0 saturated heterocycles. The van der Waals surface area contributed by atoms with E-state index in [9.17, 15) is 8.42 Å². The minimum atomic E-state index is -3.60. The van der Waals surface area contributed by atoms with E-state index < -0.39 is 10.0 Å². The zero-order valence-electron chi connectivity index (χ0n) is 13.3. The summed E-state index contributed by atoms with van der Waals surface area (Å²) in [5, 5.41) is 12.8. The molecule has 23 heavy (non-hydrogen) atoms. The fourth-order valence-corrected chi connectivity index (χ4v) is 4.99. The molecule has 0 fully saturated rings. The third kappa shape index (κ3) is 2.99. The highest BCUT2D eigenvalue weighted by molar-refractivity contribution is 7.89. The van der Waals surface area contributed by atoms with Gasteiger partial charge in [-0.3, -0.25) is 0 Å². The average molecular weight is 351 g/mol. The van der Waals surface area contributed by atoms with E-state index in [-0.39, 0.29) is 6.54 Å². The molecule has 3 rings (SSSR count). The van der Waals surface area contributed by atoms with Gasteiger partial charge < -0.3 is 0 Å². The topological polar surface area (TPSA) is 89.2 Å². The zero-order valence-corrected chi connectivity index (χ0v) is 14.9. The number of nitrogens with one attached hydrogen (secondary N) is 1. The van der Waals surface area contributed by atoms with E-state index in [1.165, 1.54) is 11.3 Å². The van der Waals surface area contributed by atoms with Crippen LogP contribution in [-0.2, 0) is 16.6 Å². The quantitative estimate of drug-likeness (QED) is 0.775. The Labute approximate surface area is 138 Å². The van der Waals surface area contributed by atoms with E-state index in [1.54, 1.807) is 25.3 Å². The van der Waals surface area contributed by atoms with Crippen molar-refractivity contribution in [1.82, 2.24) is 24.5 Å². The molecule has 0 unspecified atom stereocenters. The summed E-state index contributed by atoms with van der Waals surface area (Å²) in [4.78, 5) is 0.988. The summed E-state index contributed by atoms with van der Waals surface area (Å²) in [6, 6.07) is 3.74. The Morgan fingerprint density at radius 2 is 1.78 bits per heavy atom. The lowest BCUT2D eigenvalue weighted by atomic mass is 10.1. The first-order valence-corrected chi connectivity index (χ1v) is 9.33. The molecule has 0 radical (unpaired) electrons. The predicted octanol–water partition coefficient (Wildman–Crippen LogP) is 1.90. The summed E-state index contributed by atoms with van der Waals surface area (Å²) in [5.74, 6) is 0.676. The number of rotatable bonds is 4. The van der Waals surface area contributed by atoms with Crippen LogP contribution in [0.2, 0.25) is 0 Å². The lowest BCUT2D eigenvalue weighted by Crippen LogP contribution is -2.25. The van der Waals surface area contributed by atoms with Gasteiger partial charge in [0.1, 0.15) is 5.01 Å². The molecular formula is C14H17N5O2S2. The van der Waals surface area contributed by atoms with Gasteiger partial charge in [-0.1, -0.05) is 29.0 Å². The lowest BCUT2D eigenvalue weighted by Gasteiger charge is -2.12. The van der Waals surface area contributed by atoms with Gasteiger partial charge in [-0.2, -0.15) is 9.61 Å². The predicted molar refractivity (Wildman–Crippen MR) is 88.1 cm³/mol. The van der Waals surface area contributed by atoms with Crippen LogP contribution in [0.25, 0.3) is 4.96 Å². The molecule has 2 heterocycles. The Morgan fingerprint density at radius 1 is 1.13 bits per heavy atom. The van der Waals surface area contributed by atoms with Crippen molar-refractivity contribution in [3.05, 3.63) is 39.7 Å². The highest BCUT2D eigenvalue weighted by atomic mass is 32.2. The molecule has 1 N–H and O–H groups in total. The van der Waals surface area contributed by atoms with E-state index in [4.69, 9.17) is 0 Å². The second-order valence-electron chi connectivity index (χ2n) is 5.49. The third-order valence-corrected chi connectivity index (χ3v) is 6.08. The zero-order chi connectivity index (χ0) is 16.8. The molecule has 0 spiro atoms. The molecule has 122 valence electrons. The summed E-state index contributed by atoms with van der Waals surface area (Å²) in [6.07, 6.45) is 0. The van der Waals surface area contributed by atoms with Crippen molar-refractivity contribution in [1.29, 1.82) is 0 Å². The highest BCUT2D eigenvalue weighted by Crippen LogP contribution is 2.22. The van der Waals surface area contributed by atoms with Gasteiger partial charge >= 0.3 is 0 Å². The highest BCUT2D eigenvalue weighted by Gasteiger charge is 2.20. The largest absolute Gasteiger partial charge is 0.241 e. The van der Waals surface area contributed by atoms with Gasteiger partial charge in [0.15, 0.2) is 5.82 Å². The van der Waals surface area contributed by atoms with Gasteiger partial charge in [0.05, 0.1) is 11.4 Å². The second kappa shape index (κ2) is 5.66. The van der Waals surface area contributed by atoms with E-state index in [1.807, 2.05) is 19.1 Å². The summed E-state index contributed by atoms with van der Waals surface area (Å²) in [6.45, 7) is 7.49. The van der Waals surface area contributed by atoms with Crippen LogP contribution in [0.3, 0.4) is 0 Å². The van der Waals surface area contributed by atoms with Crippen LogP contribution in [0.4, 0.5) is 0 Å². The Kier molecular flexibility index (Phi) is 3.95. The van der Waals surface area contributed by atoms with E-state index in [0.717, 1.165) is 16.7 Å². The number of hydrogen-bond donors (Lipinski definition) is 1. The number of nitrogens with zero attached hydrogens (tertiary/aromatic N) is 4. The summed E-state index contributed by atoms with van der Waals surface area (Å²) < 4.78 is 29.4. The first-order chi connectivity index (χ1) is 10.8. The van der Waals surface area contributed by atoms with Crippen LogP contribution in [0, 0.1) is 27.7 Å². The number of hydrogen-bond acceptors (Lipinski definition) is 6. The molecule has 2 aromatic heterocycles. The van der Waals surface area contributed by atoms with Crippen LogP contribution in [0.1, 0.15) is 27.5 Å². The minimum absolute atomic E-state index is 0.128. The van der Waals surface area contributed by atoms with Gasteiger partial charge in [0.25, 0.3) is 0 Å². The Hall–Kier alpha value is -1.84. The summed E-state index contributed by atoms with van der Waals surface area (Å²) >= 11 is 1.32.